The Balaban J connectivity index is 1.27. The normalized spacial score (nSPS) is 21.4. The average molecular weight is 531 g/mol. The Morgan fingerprint density at radius 3 is 2.57 bits per heavy atom. The highest BCUT2D eigenvalue weighted by molar-refractivity contribution is 8.00. The molecule has 1 aliphatic carbocycles. The molecule has 0 bridgehead atoms. The van der Waals surface area contributed by atoms with Gasteiger partial charge in [-0.25, -0.2) is 8.78 Å². The zero-order valence-corrected chi connectivity index (χ0v) is 21.8. The molecule has 5 rings (SSSR count). The zero-order chi connectivity index (χ0) is 26.0. The average Bonchev–Trinajstić information content (AvgIpc) is 3.65. The van der Waals surface area contributed by atoms with Crippen LogP contribution in [0.2, 0.25) is 0 Å². The summed E-state index contributed by atoms with van der Waals surface area (Å²) >= 11 is 1.08. The number of hydrogen-bond acceptors (Lipinski definition) is 5. The van der Waals surface area contributed by atoms with Gasteiger partial charge in [0.25, 0.3) is 5.91 Å². The first-order chi connectivity index (χ1) is 17.9. The third-order valence-electron chi connectivity index (χ3n) is 7.57. The largest absolute Gasteiger partial charge is 0.493 e. The molecule has 0 N–H and O–H groups in total. The lowest BCUT2D eigenvalue weighted by Crippen LogP contribution is -2.58. The van der Waals surface area contributed by atoms with Gasteiger partial charge in [0.15, 0.2) is 11.5 Å². The number of methoxy groups -OCH3 is 1. The van der Waals surface area contributed by atoms with Crippen molar-refractivity contribution < 1.29 is 27.8 Å². The first-order valence-corrected chi connectivity index (χ1v) is 13.9. The molecule has 1 saturated carbocycles. The molecule has 3 fully saturated rings. The summed E-state index contributed by atoms with van der Waals surface area (Å²) in [5.41, 5.74) is 0.131. The minimum atomic E-state index is -0.664. The molecule has 2 saturated heterocycles. The number of ether oxygens (including phenoxy) is 2. The topological polar surface area (TPSA) is 59.1 Å². The summed E-state index contributed by atoms with van der Waals surface area (Å²) in [6.45, 7) is 2.34. The molecule has 6 nitrogen and oxygen atoms in total. The van der Waals surface area contributed by atoms with Crippen molar-refractivity contribution in [2.45, 2.75) is 49.0 Å². The smallest absolute Gasteiger partial charge is 0.254 e. The SMILES string of the molecule is COc1ccc(C(=O)N2CCCC3(CCCN3C(=O)CSc3ccc(F)cc3F)C2)cc1OCC1CC1. The molecule has 1 spiro atoms. The number of halogens is 2. The minimum absolute atomic E-state index is 0.0679. The van der Waals surface area contributed by atoms with Crippen LogP contribution in [0.25, 0.3) is 0 Å². The fourth-order valence-corrected chi connectivity index (χ4v) is 6.24. The van der Waals surface area contributed by atoms with Gasteiger partial charge in [-0.05, 0) is 74.8 Å². The van der Waals surface area contributed by atoms with Crippen LogP contribution in [0.1, 0.15) is 48.9 Å². The van der Waals surface area contributed by atoms with Crippen molar-refractivity contribution >= 4 is 23.6 Å². The summed E-state index contributed by atoms with van der Waals surface area (Å²) in [4.78, 5) is 30.8. The summed E-state index contributed by atoms with van der Waals surface area (Å²) < 4.78 is 38.6. The van der Waals surface area contributed by atoms with Crippen LogP contribution < -0.4 is 9.47 Å². The zero-order valence-electron chi connectivity index (χ0n) is 21.0. The summed E-state index contributed by atoms with van der Waals surface area (Å²) in [6.07, 6.45) is 5.67. The van der Waals surface area contributed by atoms with Gasteiger partial charge in [-0.2, -0.15) is 0 Å². The van der Waals surface area contributed by atoms with Crippen LogP contribution in [-0.2, 0) is 4.79 Å². The molecule has 2 aromatic rings. The van der Waals surface area contributed by atoms with Crippen LogP contribution in [0.4, 0.5) is 8.78 Å². The van der Waals surface area contributed by atoms with E-state index in [0.717, 1.165) is 43.5 Å². The molecule has 0 radical (unpaired) electrons. The maximum absolute atomic E-state index is 14.0. The van der Waals surface area contributed by atoms with E-state index in [9.17, 15) is 18.4 Å². The Kier molecular flexibility index (Phi) is 7.60. The fourth-order valence-electron chi connectivity index (χ4n) is 5.44. The fraction of sp³-hybridized carbons (Fsp3) is 0.500. The lowest BCUT2D eigenvalue weighted by Gasteiger charge is -2.46. The molecule has 37 heavy (non-hydrogen) atoms. The van der Waals surface area contributed by atoms with Crippen LogP contribution in [0, 0.1) is 17.6 Å². The summed E-state index contributed by atoms with van der Waals surface area (Å²) in [6, 6.07) is 8.68. The summed E-state index contributed by atoms with van der Waals surface area (Å²) in [5.74, 6) is 0.360. The number of likely N-dealkylation sites (tertiary alicyclic amines) is 2. The highest BCUT2D eigenvalue weighted by Crippen LogP contribution is 2.39. The predicted molar refractivity (Wildman–Crippen MR) is 137 cm³/mol. The Labute approximate surface area is 220 Å². The quantitative estimate of drug-likeness (QED) is 0.442. The second-order valence-electron chi connectivity index (χ2n) is 10.2. The number of carbonyl (C=O) groups excluding carboxylic acids is 2. The second-order valence-corrected chi connectivity index (χ2v) is 11.2. The predicted octanol–water partition coefficient (Wildman–Crippen LogP) is 5.15. The van der Waals surface area contributed by atoms with E-state index in [4.69, 9.17) is 9.47 Å². The van der Waals surface area contributed by atoms with E-state index in [2.05, 4.69) is 0 Å². The summed E-state index contributed by atoms with van der Waals surface area (Å²) in [5, 5.41) is 0. The van der Waals surface area contributed by atoms with Gasteiger partial charge in [0.1, 0.15) is 11.6 Å². The highest BCUT2D eigenvalue weighted by atomic mass is 32.2. The minimum Gasteiger partial charge on any atom is -0.493 e. The van der Waals surface area contributed by atoms with E-state index in [1.165, 1.54) is 25.0 Å². The molecular weight excluding hydrogens is 498 g/mol. The Hall–Kier alpha value is -2.81. The maximum Gasteiger partial charge on any atom is 0.254 e. The first-order valence-electron chi connectivity index (χ1n) is 12.9. The number of hydrogen-bond donors (Lipinski definition) is 0. The molecule has 2 aromatic carbocycles. The van der Waals surface area contributed by atoms with E-state index >= 15 is 0 Å². The molecule has 0 aromatic heterocycles. The highest BCUT2D eigenvalue weighted by Gasteiger charge is 2.47. The Morgan fingerprint density at radius 1 is 1.05 bits per heavy atom. The van der Waals surface area contributed by atoms with Crippen molar-refractivity contribution in [1.29, 1.82) is 0 Å². The van der Waals surface area contributed by atoms with Gasteiger partial charge in [0.2, 0.25) is 5.91 Å². The molecule has 2 aliphatic heterocycles. The van der Waals surface area contributed by atoms with Crippen molar-refractivity contribution in [3.05, 3.63) is 53.6 Å². The second kappa shape index (κ2) is 10.9. The van der Waals surface area contributed by atoms with Gasteiger partial charge in [0, 0.05) is 36.2 Å². The summed E-state index contributed by atoms with van der Waals surface area (Å²) in [7, 11) is 1.59. The van der Waals surface area contributed by atoms with Crippen molar-refractivity contribution in [1.82, 2.24) is 9.80 Å². The van der Waals surface area contributed by atoms with E-state index < -0.39 is 17.2 Å². The van der Waals surface area contributed by atoms with Gasteiger partial charge in [-0.15, -0.1) is 11.8 Å². The van der Waals surface area contributed by atoms with Gasteiger partial charge < -0.3 is 19.3 Å². The number of nitrogens with zero attached hydrogens (tertiary/aromatic N) is 2. The molecule has 2 amide bonds. The van der Waals surface area contributed by atoms with Crippen LogP contribution >= 0.6 is 11.8 Å². The van der Waals surface area contributed by atoms with E-state index in [1.54, 1.807) is 25.3 Å². The Bertz CT molecular complexity index is 1170. The third kappa shape index (κ3) is 5.71. The third-order valence-corrected chi connectivity index (χ3v) is 8.60. The first kappa shape index (κ1) is 25.8. The Morgan fingerprint density at radius 2 is 1.84 bits per heavy atom. The molecule has 1 atom stereocenters. The standard InChI is InChI=1S/C28H32F2N2O4S/c1-35-23-8-6-20(14-24(23)36-16-19-4-5-19)27(34)31-12-2-10-28(18-31)11-3-13-32(28)26(33)17-37-25-9-7-21(29)15-22(25)30/h6-9,14-15,19H,2-5,10-13,16-18H2,1H3. The monoisotopic (exact) mass is 530 g/mol. The van der Waals surface area contributed by atoms with E-state index in [-0.39, 0.29) is 22.5 Å². The van der Waals surface area contributed by atoms with Crippen molar-refractivity contribution in [3.8, 4) is 11.5 Å². The molecule has 3 aliphatic rings. The van der Waals surface area contributed by atoms with Gasteiger partial charge in [0.05, 0.1) is 25.0 Å². The number of rotatable bonds is 8. The van der Waals surface area contributed by atoms with Gasteiger partial charge in [-0.1, -0.05) is 0 Å². The van der Waals surface area contributed by atoms with Crippen LogP contribution in [0.15, 0.2) is 41.3 Å². The van der Waals surface area contributed by atoms with Crippen molar-refractivity contribution in [2.24, 2.45) is 5.92 Å². The van der Waals surface area contributed by atoms with Crippen LogP contribution in [-0.4, -0.2) is 66.3 Å². The van der Waals surface area contributed by atoms with Crippen molar-refractivity contribution in [2.75, 3.05) is 39.1 Å². The number of carbonyl (C=O) groups is 2. The van der Waals surface area contributed by atoms with Crippen LogP contribution in [0.3, 0.4) is 0 Å². The number of benzene rings is 2. The van der Waals surface area contributed by atoms with Crippen LogP contribution in [0.5, 0.6) is 11.5 Å². The number of piperidine rings is 1. The lowest BCUT2D eigenvalue weighted by atomic mass is 9.86. The molecule has 1 unspecified atom stereocenters. The van der Waals surface area contributed by atoms with E-state index in [1.807, 2.05) is 9.80 Å². The van der Waals surface area contributed by atoms with Gasteiger partial charge >= 0.3 is 0 Å². The molecule has 198 valence electrons. The van der Waals surface area contributed by atoms with Gasteiger partial charge in [-0.3, -0.25) is 9.59 Å². The molecule has 9 heteroatoms. The maximum atomic E-state index is 14.0. The van der Waals surface area contributed by atoms with E-state index in [0.29, 0.717) is 49.2 Å². The number of amides is 2. The molecular formula is C28H32F2N2O4S. The van der Waals surface area contributed by atoms with Crippen molar-refractivity contribution in [3.63, 3.8) is 0 Å². The lowest BCUT2D eigenvalue weighted by molar-refractivity contribution is -0.134. The molecule has 2 heterocycles. The number of thioether (sulfide) groups is 1.